The number of phosphoric acid groups is 1. The third-order valence-electron chi connectivity index (χ3n) is 12.5. The van der Waals surface area contributed by atoms with Crippen LogP contribution in [0.5, 0.6) is 0 Å². The normalized spacial score (nSPS) is 14.7. The Hall–Kier alpha value is -2.84. The van der Waals surface area contributed by atoms with Crippen LogP contribution in [0.25, 0.3) is 0 Å². The molecule has 0 aromatic heterocycles. The second-order valence-electron chi connectivity index (χ2n) is 20.6. The van der Waals surface area contributed by atoms with E-state index in [9.17, 15) is 19.4 Å². The fourth-order valence-electron chi connectivity index (χ4n) is 7.90. The standard InChI is InChI=1S/C63H111N2O6P/c1-6-8-10-12-14-16-18-20-22-24-26-28-29-30-31-32-33-34-35-37-38-40-42-44-46-48-50-52-54-56-62(66)61(60-71-72(68,69)70-59-58-65(3,4)5)64-63(67)57-55-53-51-49-47-45-43-41-39-36-27-25-23-21-19-17-15-13-11-9-7-2/h9,11,15,17,21,23,27,36,38,40-41,43,46-49,54,56,61-62,66H,6-8,10,12-14,16,18-20,22,24-26,28-35,37,39,42,44-45,50-53,55,57-60H2,1-5H3,(H-,64,67,68,69)/p+1/b11-9-,17-15-,23-21-,36-27-,40-38+,43-41-,48-46+,49-47-,56-54+. The number of rotatable bonds is 52. The van der Waals surface area contributed by atoms with E-state index in [1.165, 1.54) is 128 Å². The molecule has 0 saturated heterocycles. The minimum absolute atomic E-state index is 0.0387. The Balaban J connectivity index is 4.36. The number of unbranched alkanes of at least 4 members (excludes halogenated alkanes) is 23. The van der Waals surface area contributed by atoms with Crippen LogP contribution >= 0.6 is 7.82 Å². The zero-order valence-corrected chi connectivity index (χ0v) is 48.0. The van der Waals surface area contributed by atoms with Crippen molar-refractivity contribution >= 4 is 13.7 Å². The van der Waals surface area contributed by atoms with Crippen molar-refractivity contribution in [3.05, 3.63) is 109 Å². The van der Waals surface area contributed by atoms with Crippen LogP contribution in [0, 0.1) is 0 Å². The van der Waals surface area contributed by atoms with Crippen molar-refractivity contribution < 1.29 is 32.9 Å². The summed E-state index contributed by atoms with van der Waals surface area (Å²) in [5.41, 5.74) is 0. The van der Waals surface area contributed by atoms with E-state index < -0.39 is 20.0 Å². The van der Waals surface area contributed by atoms with Crippen molar-refractivity contribution in [2.24, 2.45) is 0 Å². The molecule has 0 aromatic rings. The van der Waals surface area contributed by atoms with Gasteiger partial charge in [-0.3, -0.25) is 13.8 Å². The van der Waals surface area contributed by atoms with Gasteiger partial charge in [0.15, 0.2) is 0 Å². The Bertz CT molecular complexity index is 1540. The maximum Gasteiger partial charge on any atom is 0.472 e. The summed E-state index contributed by atoms with van der Waals surface area (Å²) >= 11 is 0. The molecular formula is C63H112N2O6P+. The second-order valence-corrected chi connectivity index (χ2v) is 22.1. The molecule has 0 spiro atoms. The average Bonchev–Trinajstić information content (AvgIpc) is 3.34. The fourth-order valence-corrected chi connectivity index (χ4v) is 8.64. The van der Waals surface area contributed by atoms with Gasteiger partial charge in [0.05, 0.1) is 39.9 Å². The maximum atomic E-state index is 13.0. The number of carbonyl (C=O) groups is 1. The molecule has 0 aliphatic rings. The molecule has 0 rings (SSSR count). The Morgan fingerprint density at radius 1 is 0.486 bits per heavy atom. The van der Waals surface area contributed by atoms with Crippen molar-refractivity contribution in [3.63, 3.8) is 0 Å². The van der Waals surface area contributed by atoms with E-state index in [1.807, 2.05) is 27.2 Å². The minimum Gasteiger partial charge on any atom is -0.387 e. The van der Waals surface area contributed by atoms with E-state index in [0.29, 0.717) is 17.4 Å². The van der Waals surface area contributed by atoms with Crippen LogP contribution in [0.2, 0.25) is 0 Å². The maximum absolute atomic E-state index is 13.0. The predicted molar refractivity (Wildman–Crippen MR) is 313 cm³/mol. The molecule has 0 heterocycles. The Labute approximate surface area is 444 Å². The number of hydrogen-bond donors (Lipinski definition) is 3. The highest BCUT2D eigenvalue weighted by Gasteiger charge is 2.27. The summed E-state index contributed by atoms with van der Waals surface area (Å²) in [5.74, 6) is -0.236. The third-order valence-corrected chi connectivity index (χ3v) is 13.4. The molecule has 414 valence electrons. The Morgan fingerprint density at radius 3 is 1.28 bits per heavy atom. The van der Waals surface area contributed by atoms with Crippen LogP contribution in [-0.2, 0) is 18.4 Å². The second kappa shape index (κ2) is 53.0. The van der Waals surface area contributed by atoms with E-state index in [0.717, 1.165) is 77.0 Å². The van der Waals surface area contributed by atoms with Gasteiger partial charge in [-0.1, -0.05) is 239 Å². The Kier molecular flexibility index (Phi) is 50.9. The molecule has 9 heteroatoms. The van der Waals surface area contributed by atoms with Crippen LogP contribution < -0.4 is 5.32 Å². The lowest BCUT2D eigenvalue weighted by Crippen LogP contribution is -2.45. The van der Waals surface area contributed by atoms with E-state index in [2.05, 4.69) is 116 Å². The molecule has 3 N–H and O–H groups in total. The number of carbonyl (C=O) groups excluding carboxylic acids is 1. The zero-order chi connectivity index (χ0) is 52.7. The molecule has 0 radical (unpaired) electrons. The monoisotopic (exact) mass is 1020 g/mol. The van der Waals surface area contributed by atoms with Crippen molar-refractivity contribution in [1.82, 2.24) is 5.32 Å². The smallest absolute Gasteiger partial charge is 0.387 e. The molecule has 0 aliphatic carbocycles. The molecule has 1 amide bonds. The van der Waals surface area contributed by atoms with Gasteiger partial charge in [0.25, 0.3) is 0 Å². The molecule has 8 nitrogen and oxygen atoms in total. The van der Waals surface area contributed by atoms with Gasteiger partial charge in [-0.2, -0.15) is 0 Å². The number of aliphatic hydroxyl groups is 1. The number of aliphatic hydroxyl groups excluding tert-OH is 1. The highest BCUT2D eigenvalue weighted by molar-refractivity contribution is 7.47. The van der Waals surface area contributed by atoms with Crippen molar-refractivity contribution in [3.8, 4) is 0 Å². The minimum atomic E-state index is -4.38. The average molecular weight is 1020 g/mol. The number of nitrogens with one attached hydrogen (secondary N) is 1. The number of quaternary nitrogens is 1. The number of amides is 1. The molecule has 0 fully saturated rings. The molecule has 0 aromatic carbocycles. The topological polar surface area (TPSA) is 105 Å². The summed E-state index contributed by atoms with van der Waals surface area (Å²) in [5, 5.41) is 13.9. The van der Waals surface area contributed by atoms with Crippen LogP contribution in [0.3, 0.4) is 0 Å². The van der Waals surface area contributed by atoms with Crippen LogP contribution in [0.4, 0.5) is 0 Å². The molecular weight excluding hydrogens is 912 g/mol. The third kappa shape index (κ3) is 54.9. The summed E-state index contributed by atoms with van der Waals surface area (Å²) < 4.78 is 23.7. The summed E-state index contributed by atoms with van der Waals surface area (Å²) in [6, 6.07) is -0.902. The highest BCUT2D eigenvalue weighted by Crippen LogP contribution is 2.43. The first kappa shape index (κ1) is 69.2. The summed E-state index contributed by atoms with van der Waals surface area (Å²) in [6.45, 7) is 4.64. The van der Waals surface area contributed by atoms with E-state index in [-0.39, 0.29) is 25.5 Å². The van der Waals surface area contributed by atoms with Gasteiger partial charge in [-0.05, 0) is 96.3 Å². The predicted octanol–water partition coefficient (Wildman–Crippen LogP) is 18.0. The largest absolute Gasteiger partial charge is 0.472 e. The molecule has 3 unspecified atom stereocenters. The van der Waals surface area contributed by atoms with E-state index >= 15 is 0 Å². The van der Waals surface area contributed by atoms with E-state index in [1.54, 1.807) is 6.08 Å². The van der Waals surface area contributed by atoms with Crippen LogP contribution in [0.1, 0.15) is 232 Å². The number of phosphoric ester groups is 1. The number of likely N-dealkylation sites (N-methyl/N-ethyl adjacent to an activating group) is 1. The molecule has 72 heavy (non-hydrogen) atoms. The van der Waals surface area contributed by atoms with Gasteiger partial charge in [0, 0.05) is 6.42 Å². The van der Waals surface area contributed by atoms with Gasteiger partial charge >= 0.3 is 7.82 Å². The molecule has 0 bridgehead atoms. The van der Waals surface area contributed by atoms with E-state index in [4.69, 9.17) is 9.05 Å². The lowest BCUT2D eigenvalue weighted by atomic mass is 10.0. The SMILES string of the molecule is CC/C=C\C/C=C\C/C=C\C/C=C\C/C=C\C/C=C\CCCCC(=O)NC(COP(=O)(O)OCC[N+](C)(C)C)C(O)/C=C/CC/C=C/CC/C=C/CCCCCCCCCCCCCCCCCCCCC. The molecule has 3 atom stereocenters. The lowest BCUT2D eigenvalue weighted by Gasteiger charge is -2.25. The first-order chi connectivity index (χ1) is 35.0. The highest BCUT2D eigenvalue weighted by atomic mass is 31.2. The summed E-state index contributed by atoms with van der Waals surface area (Å²) in [6.07, 6.45) is 77.8. The van der Waals surface area contributed by atoms with Crippen molar-refractivity contribution in [1.29, 1.82) is 0 Å². The van der Waals surface area contributed by atoms with Crippen molar-refractivity contribution in [2.75, 3.05) is 40.9 Å². The number of allylic oxidation sites excluding steroid dienone is 17. The quantitative estimate of drug-likeness (QED) is 0.0243. The van der Waals surface area contributed by atoms with Gasteiger partial charge in [-0.15, -0.1) is 0 Å². The van der Waals surface area contributed by atoms with Crippen LogP contribution in [-0.4, -0.2) is 73.4 Å². The van der Waals surface area contributed by atoms with Gasteiger partial charge in [0.2, 0.25) is 5.91 Å². The fraction of sp³-hybridized carbons (Fsp3) is 0.698. The van der Waals surface area contributed by atoms with Crippen molar-refractivity contribution in [2.45, 2.75) is 244 Å². The Morgan fingerprint density at radius 2 is 0.847 bits per heavy atom. The van der Waals surface area contributed by atoms with Gasteiger partial charge in [-0.25, -0.2) is 4.57 Å². The van der Waals surface area contributed by atoms with Gasteiger partial charge in [0.1, 0.15) is 13.2 Å². The summed E-state index contributed by atoms with van der Waals surface area (Å²) in [7, 11) is 1.50. The number of nitrogens with zero attached hydrogens (tertiary/aromatic N) is 1. The summed E-state index contributed by atoms with van der Waals surface area (Å²) in [4.78, 5) is 23.3. The first-order valence-electron chi connectivity index (χ1n) is 29.3. The molecule has 0 saturated carbocycles. The number of hydrogen-bond acceptors (Lipinski definition) is 5. The molecule has 0 aliphatic heterocycles. The van der Waals surface area contributed by atoms with Crippen LogP contribution in [0.15, 0.2) is 109 Å². The van der Waals surface area contributed by atoms with Gasteiger partial charge < -0.3 is 19.8 Å². The lowest BCUT2D eigenvalue weighted by molar-refractivity contribution is -0.870. The zero-order valence-electron chi connectivity index (χ0n) is 47.1. The first-order valence-corrected chi connectivity index (χ1v) is 30.8.